The number of nitrogens with one attached hydrogen (secondary N) is 2. The molecule has 6 heteroatoms. The predicted octanol–water partition coefficient (Wildman–Crippen LogP) is 5.57. The fourth-order valence-corrected chi connectivity index (χ4v) is 3.23. The van der Waals surface area contributed by atoms with E-state index in [0.717, 1.165) is 17.5 Å². The highest BCUT2D eigenvalue weighted by Crippen LogP contribution is 2.29. The van der Waals surface area contributed by atoms with Crippen LogP contribution in [-0.2, 0) is 0 Å². The molecule has 26 heavy (non-hydrogen) atoms. The Bertz CT molecular complexity index is 919. The second-order valence-corrected chi connectivity index (χ2v) is 6.98. The number of aromatic nitrogens is 2. The van der Waals surface area contributed by atoms with Crippen molar-refractivity contribution < 1.29 is 4.79 Å². The van der Waals surface area contributed by atoms with Crippen LogP contribution >= 0.6 is 23.2 Å². The van der Waals surface area contributed by atoms with Crippen molar-refractivity contribution in [2.45, 2.75) is 26.3 Å². The fraction of sp³-hybridized carbons (Fsp3) is 0.200. The smallest absolute Gasteiger partial charge is 0.269 e. The van der Waals surface area contributed by atoms with Gasteiger partial charge < -0.3 is 5.32 Å². The van der Waals surface area contributed by atoms with Gasteiger partial charge in [0.25, 0.3) is 5.91 Å². The van der Waals surface area contributed by atoms with E-state index in [1.807, 2.05) is 38.1 Å². The maximum absolute atomic E-state index is 12.6. The van der Waals surface area contributed by atoms with Crippen LogP contribution in [0.4, 0.5) is 0 Å². The third-order valence-corrected chi connectivity index (χ3v) is 4.77. The molecule has 134 valence electrons. The summed E-state index contributed by atoms with van der Waals surface area (Å²) in [6.07, 6.45) is 0.790. The summed E-state index contributed by atoms with van der Waals surface area (Å²) >= 11 is 12.1. The van der Waals surface area contributed by atoms with Crippen LogP contribution in [-0.4, -0.2) is 16.1 Å². The van der Waals surface area contributed by atoms with E-state index in [1.165, 1.54) is 5.56 Å². The molecule has 3 rings (SSSR count). The molecule has 3 aromatic rings. The molecule has 0 spiro atoms. The molecule has 1 unspecified atom stereocenters. The van der Waals surface area contributed by atoms with Crippen molar-refractivity contribution in [3.05, 3.63) is 75.4 Å². The summed E-state index contributed by atoms with van der Waals surface area (Å²) < 4.78 is 0. The van der Waals surface area contributed by atoms with Gasteiger partial charge in [0.2, 0.25) is 0 Å². The number of benzene rings is 2. The second-order valence-electron chi connectivity index (χ2n) is 6.14. The van der Waals surface area contributed by atoms with Gasteiger partial charge in [-0.25, -0.2) is 0 Å². The predicted molar refractivity (Wildman–Crippen MR) is 106 cm³/mol. The first kappa shape index (κ1) is 18.5. The zero-order valence-corrected chi connectivity index (χ0v) is 16.0. The van der Waals surface area contributed by atoms with Gasteiger partial charge in [0.1, 0.15) is 5.69 Å². The molecular weight excluding hydrogens is 369 g/mol. The molecule has 0 bridgehead atoms. The number of hydrogen-bond donors (Lipinski definition) is 2. The molecule has 2 aromatic carbocycles. The van der Waals surface area contributed by atoms with Crippen LogP contribution < -0.4 is 5.32 Å². The molecule has 0 fully saturated rings. The van der Waals surface area contributed by atoms with Gasteiger partial charge in [0.15, 0.2) is 0 Å². The molecule has 0 saturated carbocycles. The standard InChI is InChI=1S/C20H19Cl2N3O/c1-3-17(13-6-4-12(2)5-7-13)23-20(26)19-11-18(24-25-19)15-9-8-14(21)10-16(15)22/h4-11,17H,3H2,1-2H3,(H,23,26)(H,24,25). The molecule has 0 aliphatic heterocycles. The van der Waals surface area contributed by atoms with Gasteiger partial charge in [0.05, 0.1) is 16.8 Å². The van der Waals surface area contributed by atoms with E-state index in [4.69, 9.17) is 23.2 Å². The quantitative estimate of drug-likeness (QED) is 0.600. The largest absolute Gasteiger partial charge is 0.344 e. The minimum Gasteiger partial charge on any atom is -0.344 e. The van der Waals surface area contributed by atoms with Crippen molar-refractivity contribution in [1.82, 2.24) is 15.5 Å². The van der Waals surface area contributed by atoms with Crippen LogP contribution in [0.25, 0.3) is 11.3 Å². The van der Waals surface area contributed by atoms with Gasteiger partial charge >= 0.3 is 0 Å². The highest BCUT2D eigenvalue weighted by molar-refractivity contribution is 6.36. The highest BCUT2D eigenvalue weighted by Gasteiger charge is 2.17. The Morgan fingerprint density at radius 3 is 2.54 bits per heavy atom. The summed E-state index contributed by atoms with van der Waals surface area (Å²) in [7, 11) is 0. The first-order chi connectivity index (χ1) is 12.5. The summed E-state index contributed by atoms with van der Waals surface area (Å²) in [5, 5.41) is 11.1. The molecule has 0 saturated heterocycles. The van der Waals surface area contributed by atoms with E-state index in [9.17, 15) is 4.79 Å². The number of carbonyl (C=O) groups excluding carboxylic acids is 1. The van der Waals surface area contributed by atoms with Gasteiger partial charge in [-0.15, -0.1) is 0 Å². The van der Waals surface area contributed by atoms with Crippen LogP contribution in [0.2, 0.25) is 10.0 Å². The lowest BCUT2D eigenvalue weighted by molar-refractivity contribution is 0.0930. The Morgan fingerprint density at radius 1 is 1.15 bits per heavy atom. The average Bonchev–Trinajstić information content (AvgIpc) is 3.10. The average molecular weight is 388 g/mol. The molecule has 1 aromatic heterocycles. The van der Waals surface area contributed by atoms with Crippen molar-refractivity contribution in [2.24, 2.45) is 0 Å². The third-order valence-electron chi connectivity index (χ3n) is 4.22. The van der Waals surface area contributed by atoms with Gasteiger partial charge in [0, 0.05) is 10.6 Å². The Morgan fingerprint density at radius 2 is 1.88 bits per heavy atom. The SMILES string of the molecule is CCC(NC(=O)c1cc(-c2ccc(Cl)cc2Cl)n[nH]1)c1ccc(C)cc1. The van der Waals surface area contributed by atoms with Crippen LogP contribution in [0.1, 0.15) is 41.0 Å². The monoisotopic (exact) mass is 387 g/mol. The molecule has 1 amide bonds. The number of carbonyl (C=O) groups is 1. The summed E-state index contributed by atoms with van der Waals surface area (Å²) in [6.45, 7) is 4.08. The van der Waals surface area contributed by atoms with Crippen molar-refractivity contribution >= 4 is 29.1 Å². The van der Waals surface area contributed by atoms with Gasteiger partial charge in [-0.2, -0.15) is 5.10 Å². The van der Waals surface area contributed by atoms with Crippen LogP contribution in [0.3, 0.4) is 0 Å². The van der Waals surface area contributed by atoms with E-state index in [2.05, 4.69) is 15.5 Å². The maximum atomic E-state index is 12.6. The number of nitrogens with zero attached hydrogens (tertiary/aromatic N) is 1. The topological polar surface area (TPSA) is 57.8 Å². The van der Waals surface area contributed by atoms with Crippen molar-refractivity contribution in [3.8, 4) is 11.3 Å². The second kappa shape index (κ2) is 7.94. The van der Waals surface area contributed by atoms with Gasteiger partial charge in [-0.05, 0) is 43.2 Å². The first-order valence-electron chi connectivity index (χ1n) is 8.36. The molecule has 1 heterocycles. The molecule has 0 radical (unpaired) electrons. The summed E-state index contributed by atoms with van der Waals surface area (Å²) in [5.41, 5.74) is 3.97. The fourth-order valence-electron chi connectivity index (χ4n) is 2.73. The number of rotatable bonds is 5. The van der Waals surface area contributed by atoms with Gasteiger partial charge in [-0.1, -0.05) is 60.0 Å². The molecule has 0 aliphatic carbocycles. The Hall–Kier alpha value is -2.30. The highest BCUT2D eigenvalue weighted by atomic mass is 35.5. The number of H-pyrrole nitrogens is 1. The zero-order valence-electron chi connectivity index (χ0n) is 14.5. The van der Waals surface area contributed by atoms with Crippen molar-refractivity contribution in [2.75, 3.05) is 0 Å². The summed E-state index contributed by atoms with van der Waals surface area (Å²) in [4.78, 5) is 12.6. The van der Waals surface area contributed by atoms with E-state index < -0.39 is 0 Å². The van der Waals surface area contributed by atoms with Crippen molar-refractivity contribution in [3.63, 3.8) is 0 Å². The number of aryl methyl sites for hydroxylation is 1. The first-order valence-corrected chi connectivity index (χ1v) is 9.11. The van der Waals surface area contributed by atoms with Crippen LogP contribution in [0.5, 0.6) is 0 Å². The minimum absolute atomic E-state index is 0.0611. The Labute approximate surface area is 162 Å². The number of hydrogen-bond acceptors (Lipinski definition) is 2. The number of aromatic amines is 1. The normalized spacial score (nSPS) is 12.0. The van der Waals surface area contributed by atoms with Crippen LogP contribution in [0, 0.1) is 6.92 Å². The summed E-state index contributed by atoms with van der Waals surface area (Å²) in [5.74, 6) is -0.207. The molecule has 1 atom stereocenters. The summed E-state index contributed by atoms with van der Waals surface area (Å²) in [6, 6.07) is 15.0. The maximum Gasteiger partial charge on any atom is 0.269 e. The lowest BCUT2D eigenvalue weighted by Crippen LogP contribution is -2.28. The minimum atomic E-state index is -0.207. The number of amides is 1. The molecule has 0 aliphatic rings. The molecule has 4 nitrogen and oxygen atoms in total. The van der Waals surface area contributed by atoms with E-state index >= 15 is 0 Å². The molecular formula is C20H19Cl2N3O. The van der Waals surface area contributed by atoms with E-state index in [1.54, 1.807) is 24.3 Å². The lowest BCUT2D eigenvalue weighted by Gasteiger charge is -2.17. The van der Waals surface area contributed by atoms with E-state index in [-0.39, 0.29) is 11.9 Å². The Balaban J connectivity index is 1.78. The zero-order chi connectivity index (χ0) is 18.7. The Kier molecular flexibility index (Phi) is 5.64. The van der Waals surface area contributed by atoms with E-state index in [0.29, 0.717) is 21.4 Å². The number of halogens is 2. The molecule has 2 N–H and O–H groups in total. The van der Waals surface area contributed by atoms with Gasteiger partial charge in [-0.3, -0.25) is 9.89 Å². The third kappa shape index (κ3) is 4.09. The van der Waals surface area contributed by atoms with Crippen molar-refractivity contribution in [1.29, 1.82) is 0 Å². The lowest BCUT2D eigenvalue weighted by atomic mass is 10.0. The van der Waals surface area contributed by atoms with Crippen LogP contribution in [0.15, 0.2) is 48.5 Å².